The first-order valence-corrected chi connectivity index (χ1v) is 5.62. The zero-order valence-corrected chi connectivity index (χ0v) is 8.84. The Kier molecular flexibility index (Phi) is 3.24. The van der Waals surface area contributed by atoms with Gasteiger partial charge >= 0.3 is 0 Å². The van der Waals surface area contributed by atoms with Gasteiger partial charge in [0, 0.05) is 12.6 Å². The van der Waals surface area contributed by atoms with E-state index in [1.54, 1.807) is 0 Å². The van der Waals surface area contributed by atoms with Gasteiger partial charge in [-0.3, -0.25) is 4.99 Å². The van der Waals surface area contributed by atoms with Crippen molar-refractivity contribution < 1.29 is 0 Å². The van der Waals surface area contributed by atoms with Gasteiger partial charge in [0.2, 0.25) is 0 Å². The molecule has 1 fully saturated rings. The molecule has 1 saturated heterocycles. The quantitative estimate of drug-likeness (QED) is 0.579. The molecule has 2 atom stereocenters. The zero-order valence-electron chi connectivity index (χ0n) is 8.84. The van der Waals surface area contributed by atoms with Gasteiger partial charge in [-0.25, -0.2) is 0 Å². The molecule has 80 valence electrons. The second-order valence-electron chi connectivity index (χ2n) is 4.20. The third-order valence-corrected chi connectivity index (χ3v) is 3.08. The van der Waals surface area contributed by atoms with Crippen LogP contribution in [0.3, 0.4) is 0 Å². The number of nitrogens with one attached hydrogen (secondary N) is 3. The fourth-order valence-electron chi connectivity index (χ4n) is 2.13. The lowest BCUT2D eigenvalue weighted by Gasteiger charge is -2.29. The first-order chi connectivity index (χ1) is 6.86. The van der Waals surface area contributed by atoms with Crippen molar-refractivity contribution in [1.82, 2.24) is 16.0 Å². The van der Waals surface area contributed by atoms with Crippen molar-refractivity contribution in [2.75, 3.05) is 26.2 Å². The standard InChI is InChI=1S/C10H20N4/c1-8(9-3-2-4-11-7-9)14-10-12-5-6-13-10/h8-9,11H,2-7H2,1H3,(H2,12,13,14). The summed E-state index contributed by atoms with van der Waals surface area (Å²) in [5.41, 5.74) is 0. The summed E-state index contributed by atoms with van der Waals surface area (Å²) in [6, 6.07) is 0.521. The molecule has 0 bridgehead atoms. The van der Waals surface area contributed by atoms with E-state index in [1.165, 1.54) is 19.4 Å². The summed E-state index contributed by atoms with van der Waals surface area (Å²) >= 11 is 0. The van der Waals surface area contributed by atoms with Crippen LogP contribution in [0.2, 0.25) is 0 Å². The van der Waals surface area contributed by atoms with Gasteiger partial charge in [0.25, 0.3) is 0 Å². The average Bonchev–Trinajstić information content (AvgIpc) is 2.72. The maximum absolute atomic E-state index is 4.34. The first kappa shape index (κ1) is 9.77. The molecule has 2 rings (SSSR count). The molecule has 0 aromatic heterocycles. The molecule has 2 aliphatic rings. The highest BCUT2D eigenvalue weighted by molar-refractivity contribution is 5.81. The molecule has 2 unspecified atom stereocenters. The van der Waals surface area contributed by atoms with Crippen LogP contribution in [0.4, 0.5) is 0 Å². The number of nitrogens with zero attached hydrogens (tertiary/aromatic N) is 1. The van der Waals surface area contributed by atoms with E-state index in [-0.39, 0.29) is 0 Å². The van der Waals surface area contributed by atoms with E-state index < -0.39 is 0 Å². The molecular weight excluding hydrogens is 176 g/mol. The topological polar surface area (TPSA) is 48.5 Å². The monoisotopic (exact) mass is 196 g/mol. The Labute approximate surface area is 85.6 Å². The lowest BCUT2D eigenvalue weighted by Crippen LogP contribution is -2.47. The maximum Gasteiger partial charge on any atom is 0.191 e. The van der Waals surface area contributed by atoms with Gasteiger partial charge in [-0.05, 0) is 38.8 Å². The van der Waals surface area contributed by atoms with Crippen molar-refractivity contribution in [2.24, 2.45) is 10.9 Å². The largest absolute Gasteiger partial charge is 0.355 e. The molecule has 2 heterocycles. The first-order valence-electron chi connectivity index (χ1n) is 5.62. The Bertz CT molecular complexity index is 208. The predicted octanol–water partition coefficient (Wildman–Crippen LogP) is -0.0767. The maximum atomic E-state index is 4.34. The van der Waals surface area contributed by atoms with Crippen LogP contribution in [0.1, 0.15) is 19.8 Å². The lowest BCUT2D eigenvalue weighted by molar-refractivity contribution is 0.318. The van der Waals surface area contributed by atoms with Crippen molar-refractivity contribution in [3.05, 3.63) is 0 Å². The zero-order chi connectivity index (χ0) is 9.80. The van der Waals surface area contributed by atoms with Gasteiger partial charge in [0.05, 0.1) is 6.54 Å². The summed E-state index contributed by atoms with van der Waals surface area (Å²) in [4.78, 5) is 4.34. The van der Waals surface area contributed by atoms with Crippen molar-refractivity contribution in [3.8, 4) is 0 Å². The number of hydrogen-bond donors (Lipinski definition) is 3. The van der Waals surface area contributed by atoms with Gasteiger partial charge in [-0.2, -0.15) is 0 Å². The molecule has 3 N–H and O–H groups in total. The molecule has 0 aromatic rings. The highest BCUT2D eigenvalue weighted by atomic mass is 15.2. The number of hydrogen-bond acceptors (Lipinski definition) is 4. The van der Waals surface area contributed by atoms with Crippen molar-refractivity contribution in [3.63, 3.8) is 0 Å². The van der Waals surface area contributed by atoms with Crippen LogP contribution in [-0.4, -0.2) is 38.2 Å². The summed E-state index contributed by atoms with van der Waals surface area (Å²) in [5, 5.41) is 10.1. The Morgan fingerprint density at radius 2 is 2.43 bits per heavy atom. The molecule has 4 nitrogen and oxygen atoms in total. The second-order valence-corrected chi connectivity index (χ2v) is 4.20. The van der Waals surface area contributed by atoms with E-state index in [9.17, 15) is 0 Å². The third-order valence-electron chi connectivity index (χ3n) is 3.08. The molecule has 0 radical (unpaired) electrons. The Balaban J connectivity index is 1.78. The van der Waals surface area contributed by atoms with Crippen molar-refractivity contribution in [2.45, 2.75) is 25.8 Å². The number of guanidine groups is 1. The van der Waals surface area contributed by atoms with Crippen LogP contribution in [0.5, 0.6) is 0 Å². The summed E-state index contributed by atoms with van der Waals surface area (Å²) in [6.45, 7) is 6.47. The minimum absolute atomic E-state index is 0.521. The Morgan fingerprint density at radius 3 is 3.07 bits per heavy atom. The molecule has 14 heavy (non-hydrogen) atoms. The minimum Gasteiger partial charge on any atom is -0.355 e. The van der Waals surface area contributed by atoms with Crippen LogP contribution in [0.15, 0.2) is 4.99 Å². The molecule has 0 spiro atoms. The molecule has 0 amide bonds. The van der Waals surface area contributed by atoms with E-state index in [4.69, 9.17) is 0 Å². The number of aliphatic imine (C=N–C) groups is 1. The summed E-state index contributed by atoms with van der Waals surface area (Å²) in [7, 11) is 0. The van der Waals surface area contributed by atoms with E-state index in [1.807, 2.05) is 0 Å². The normalized spacial score (nSPS) is 29.2. The lowest BCUT2D eigenvalue weighted by atomic mass is 9.93. The van der Waals surface area contributed by atoms with Gasteiger partial charge in [-0.15, -0.1) is 0 Å². The van der Waals surface area contributed by atoms with Gasteiger partial charge < -0.3 is 16.0 Å². The molecule has 4 heteroatoms. The molecule has 2 aliphatic heterocycles. The van der Waals surface area contributed by atoms with Crippen LogP contribution in [0, 0.1) is 5.92 Å². The fourth-order valence-corrected chi connectivity index (χ4v) is 2.13. The predicted molar refractivity (Wildman–Crippen MR) is 58.5 cm³/mol. The van der Waals surface area contributed by atoms with E-state index in [0.29, 0.717) is 6.04 Å². The van der Waals surface area contributed by atoms with Crippen LogP contribution >= 0.6 is 0 Å². The van der Waals surface area contributed by atoms with Crippen molar-refractivity contribution >= 4 is 5.96 Å². The number of rotatable bonds is 2. The average molecular weight is 196 g/mol. The summed E-state index contributed by atoms with van der Waals surface area (Å²) in [6.07, 6.45) is 2.63. The highest BCUT2D eigenvalue weighted by Crippen LogP contribution is 2.13. The van der Waals surface area contributed by atoms with Crippen LogP contribution in [-0.2, 0) is 0 Å². The van der Waals surface area contributed by atoms with Crippen LogP contribution in [0.25, 0.3) is 0 Å². The molecule has 0 aromatic carbocycles. The Morgan fingerprint density at radius 1 is 1.50 bits per heavy atom. The van der Waals surface area contributed by atoms with Gasteiger partial charge in [0.15, 0.2) is 5.96 Å². The third kappa shape index (κ3) is 2.38. The SMILES string of the molecule is CC(NC1=NCCN1)C1CCCNC1. The molecule has 0 saturated carbocycles. The minimum atomic E-state index is 0.521. The highest BCUT2D eigenvalue weighted by Gasteiger charge is 2.20. The summed E-state index contributed by atoms with van der Waals surface area (Å²) in [5.74, 6) is 1.73. The summed E-state index contributed by atoms with van der Waals surface area (Å²) < 4.78 is 0. The van der Waals surface area contributed by atoms with Gasteiger partial charge in [-0.1, -0.05) is 0 Å². The van der Waals surface area contributed by atoms with E-state index in [2.05, 4.69) is 27.9 Å². The molecular formula is C10H20N4. The van der Waals surface area contributed by atoms with E-state index >= 15 is 0 Å². The molecule has 0 aliphatic carbocycles. The second kappa shape index (κ2) is 4.64. The smallest absolute Gasteiger partial charge is 0.191 e. The van der Waals surface area contributed by atoms with E-state index in [0.717, 1.165) is 31.5 Å². The fraction of sp³-hybridized carbons (Fsp3) is 0.900. The van der Waals surface area contributed by atoms with Crippen molar-refractivity contribution in [1.29, 1.82) is 0 Å². The van der Waals surface area contributed by atoms with Gasteiger partial charge in [0.1, 0.15) is 0 Å². The van der Waals surface area contributed by atoms with Crippen LogP contribution < -0.4 is 16.0 Å². The number of piperidine rings is 1. The Hall–Kier alpha value is -0.770.